The molecular formula is C27H21N3O5S. The second kappa shape index (κ2) is 10.5. The lowest BCUT2D eigenvalue weighted by atomic mass is 10.1. The lowest BCUT2D eigenvalue weighted by Crippen LogP contribution is -2.10. The summed E-state index contributed by atoms with van der Waals surface area (Å²) in [6.45, 7) is -0.0610. The molecule has 36 heavy (non-hydrogen) atoms. The van der Waals surface area contributed by atoms with Gasteiger partial charge in [-0.05, 0) is 24.3 Å². The van der Waals surface area contributed by atoms with Gasteiger partial charge in [0.25, 0.3) is 0 Å². The number of methoxy groups -OCH3 is 1. The number of thioether (sulfide) groups is 1. The van der Waals surface area contributed by atoms with E-state index >= 15 is 0 Å². The van der Waals surface area contributed by atoms with Gasteiger partial charge in [-0.15, -0.1) is 10.2 Å². The Morgan fingerprint density at radius 2 is 1.72 bits per heavy atom. The lowest BCUT2D eigenvalue weighted by Gasteiger charge is -2.10. The molecule has 0 N–H and O–H groups in total. The van der Waals surface area contributed by atoms with Crippen LogP contribution in [0.2, 0.25) is 0 Å². The van der Waals surface area contributed by atoms with Crippen molar-refractivity contribution in [3.8, 4) is 22.8 Å². The van der Waals surface area contributed by atoms with Gasteiger partial charge < -0.3 is 13.9 Å². The summed E-state index contributed by atoms with van der Waals surface area (Å²) in [5.74, 6) is 0.815. The fraction of sp³-hybridized carbons (Fsp3) is 0.111. The van der Waals surface area contributed by atoms with E-state index in [1.54, 1.807) is 18.2 Å². The van der Waals surface area contributed by atoms with Crippen LogP contribution in [-0.4, -0.2) is 33.6 Å². The second-order valence-corrected chi connectivity index (χ2v) is 8.69. The van der Waals surface area contributed by atoms with Crippen LogP contribution in [0.1, 0.15) is 5.56 Å². The molecule has 3 aromatic carbocycles. The molecule has 0 spiro atoms. The van der Waals surface area contributed by atoms with Crippen molar-refractivity contribution in [2.24, 2.45) is 0 Å². The van der Waals surface area contributed by atoms with E-state index in [1.165, 1.54) is 24.9 Å². The SMILES string of the molecule is COc1ccc2c(COC(=O)CSc3nnc(-c4ccccc4)n3-c3ccccc3)cc(=O)oc2c1. The first-order chi connectivity index (χ1) is 17.6. The molecule has 0 unspecified atom stereocenters. The number of carbonyl (C=O) groups excluding carboxylic acids is 1. The third kappa shape index (κ3) is 5.01. The number of hydrogen-bond acceptors (Lipinski definition) is 8. The molecule has 0 fully saturated rings. The summed E-state index contributed by atoms with van der Waals surface area (Å²) < 4.78 is 17.8. The number of benzene rings is 3. The van der Waals surface area contributed by atoms with Crippen molar-refractivity contribution >= 4 is 28.7 Å². The molecule has 0 saturated heterocycles. The van der Waals surface area contributed by atoms with Gasteiger partial charge in [0, 0.05) is 34.3 Å². The largest absolute Gasteiger partial charge is 0.497 e. The molecule has 2 aromatic heterocycles. The first-order valence-electron chi connectivity index (χ1n) is 11.1. The fourth-order valence-electron chi connectivity index (χ4n) is 3.73. The van der Waals surface area contributed by atoms with E-state index in [-0.39, 0.29) is 12.4 Å². The minimum atomic E-state index is -0.527. The number of para-hydroxylation sites is 1. The molecule has 5 aromatic rings. The second-order valence-electron chi connectivity index (χ2n) is 7.75. The van der Waals surface area contributed by atoms with E-state index in [0.29, 0.717) is 33.3 Å². The van der Waals surface area contributed by atoms with Crippen LogP contribution in [0.3, 0.4) is 0 Å². The Labute approximate surface area is 210 Å². The van der Waals surface area contributed by atoms with Crippen LogP contribution in [0, 0.1) is 0 Å². The molecule has 0 amide bonds. The highest BCUT2D eigenvalue weighted by molar-refractivity contribution is 7.99. The van der Waals surface area contributed by atoms with Crippen LogP contribution in [0.25, 0.3) is 28.0 Å². The Morgan fingerprint density at radius 3 is 2.47 bits per heavy atom. The number of ether oxygens (including phenoxy) is 2. The Morgan fingerprint density at radius 1 is 0.972 bits per heavy atom. The predicted molar refractivity (Wildman–Crippen MR) is 136 cm³/mol. The van der Waals surface area contributed by atoms with Gasteiger partial charge in [0.05, 0.1) is 12.9 Å². The molecule has 0 bridgehead atoms. The summed E-state index contributed by atoms with van der Waals surface area (Å²) in [6.07, 6.45) is 0. The Hall–Kier alpha value is -4.37. The maximum absolute atomic E-state index is 12.6. The van der Waals surface area contributed by atoms with Gasteiger partial charge in [-0.1, -0.05) is 60.3 Å². The first-order valence-corrected chi connectivity index (χ1v) is 12.1. The topological polar surface area (TPSA) is 96.5 Å². The lowest BCUT2D eigenvalue weighted by molar-refractivity contribution is -0.141. The first kappa shape index (κ1) is 23.4. The zero-order valence-electron chi connectivity index (χ0n) is 19.3. The zero-order chi connectivity index (χ0) is 24.9. The Balaban J connectivity index is 1.33. The third-order valence-electron chi connectivity index (χ3n) is 5.42. The summed E-state index contributed by atoms with van der Waals surface area (Å²) in [5.41, 5.74) is 2.19. The maximum Gasteiger partial charge on any atom is 0.336 e. The van der Waals surface area contributed by atoms with Crippen molar-refractivity contribution in [1.29, 1.82) is 0 Å². The number of nitrogens with zero attached hydrogens (tertiary/aromatic N) is 3. The number of rotatable bonds is 8. The predicted octanol–water partition coefficient (Wildman–Crippen LogP) is 4.88. The van der Waals surface area contributed by atoms with E-state index in [2.05, 4.69) is 10.2 Å². The maximum atomic E-state index is 12.6. The third-order valence-corrected chi connectivity index (χ3v) is 6.33. The van der Waals surface area contributed by atoms with Crippen molar-refractivity contribution in [2.75, 3.05) is 12.9 Å². The minimum Gasteiger partial charge on any atom is -0.497 e. The normalized spacial score (nSPS) is 10.9. The van der Waals surface area contributed by atoms with Crippen LogP contribution >= 0.6 is 11.8 Å². The number of aromatic nitrogens is 3. The molecule has 2 heterocycles. The summed E-state index contributed by atoms with van der Waals surface area (Å²) in [6, 6.07) is 25.9. The smallest absolute Gasteiger partial charge is 0.336 e. The monoisotopic (exact) mass is 499 g/mol. The Bertz CT molecular complexity index is 1570. The van der Waals surface area contributed by atoms with E-state index in [0.717, 1.165) is 11.3 Å². The highest BCUT2D eigenvalue weighted by Crippen LogP contribution is 2.28. The average molecular weight is 500 g/mol. The quantitative estimate of drug-likeness (QED) is 0.169. The number of fused-ring (bicyclic) bond motifs is 1. The fourth-order valence-corrected chi connectivity index (χ4v) is 4.48. The minimum absolute atomic E-state index is 0.0208. The van der Waals surface area contributed by atoms with Crippen molar-refractivity contribution < 1.29 is 18.7 Å². The Kier molecular flexibility index (Phi) is 6.81. The van der Waals surface area contributed by atoms with Crippen LogP contribution in [0.5, 0.6) is 5.75 Å². The van der Waals surface area contributed by atoms with Gasteiger partial charge in [0.15, 0.2) is 11.0 Å². The molecule has 8 nitrogen and oxygen atoms in total. The van der Waals surface area contributed by atoms with Gasteiger partial charge in [-0.25, -0.2) is 4.79 Å². The van der Waals surface area contributed by atoms with Gasteiger partial charge >= 0.3 is 11.6 Å². The van der Waals surface area contributed by atoms with E-state index < -0.39 is 11.6 Å². The van der Waals surface area contributed by atoms with Crippen LogP contribution in [0.4, 0.5) is 0 Å². The average Bonchev–Trinajstić information content (AvgIpc) is 3.35. The summed E-state index contributed by atoms with van der Waals surface area (Å²) >= 11 is 1.23. The van der Waals surface area contributed by atoms with E-state index in [1.807, 2.05) is 65.2 Å². The van der Waals surface area contributed by atoms with Gasteiger partial charge in [-0.3, -0.25) is 9.36 Å². The van der Waals surface area contributed by atoms with Gasteiger partial charge in [0.2, 0.25) is 0 Å². The molecule has 9 heteroatoms. The number of hydrogen-bond donors (Lipinski definition) is 0. The van der Waals surface area contributed by atoms with Crippen LogP contribution < -0.4 is 10.4 Å². The van der Waals surface area contributed by atoms with Crippen LogP contribution in [0.15, 0.2) is 99.3 Å². The van der Waals surface area contributed by atoms with Gasteiger partial charge in [-0.2, -0.15) is 0 Å². The molecule has 0 atom stereocenters. The summed E-state index contributed by atoms with van der Waals surface area (Å²) in [4.78, 5) is 24.6. The van der Waals surface area contributed by atoms with Crippen molar-refractivity contribution in [1.82, 2.24) is 14.8 Å². The molecule has 5 rings (SSSR count). The number of carbonyl (C=O) groups is 1. The van der Waals surface area contributed by atoms with Crippen molar-refractivity contribution in [2.45, 2.75) is 11.8 Å². The highest BCUT2D eigenvalue weighted by Gasteiger charge is 2.18. The molecule has 0 aliphatic heterocycles. The zero-order valence-corrected chi connectivity index (χ0v) is 20.1. The molecule has 0 radical (unpaired) electrons. The molecule has 0 aliphatic carbocycles. The molecule has 180 valence electrons. The summed E-state index contributed by atoms with van der Waals surface area (Å²) in [7, 11) is 1.53. The number of esters is 1. The standard InChI is InChI=1S/C27H21N3O5S/c1-33-21-12-13-22-19(14-24(31)35-23(22)15-21)16-34-25(32)17-36-27-29-28-26(18-8-4-2-5-9-18)30(27)20-10-6-3-7-11-20/h2-15H,16-17H2,1H3. The van der Waals surface area contributed by atoms with Crippen LogP contribution in [-0.2, 0) is 16.1 Å². The van der Waals surface area contributed by atoms with Crippen molar-refractivity contribution in [3.63, 3.8) is 0 Å². The van der Waals surface area contributed by atoms with E-state index in [9.17, 15) is 9.59 Å². The molecule has 0 aliphatic rings. The van der Waals surface area contributed by atoms with E-state index in [4.69, 9.17) is 13.9 Å². The highest BCUT2D eigenvalue weighted by atomic mass is 32.2. The molecular weight excluding hydrogens is 478 g/mol. The van der Waals surface area contributed by atoms with Gasteiger partial charge in [0.1, 0.15) is 17.9 Å². The molecule has 0 saturated carbocycles. The van der Waals surface area contributed by atoms with Crippen molar-refractivity contribution in [3.05, 3.63) is 101 Å². The summed E-state index contributed by atoms with van der Waals surface area (Å²) in [5, 5.41) is 9.95.